The fourth-order valence-corrected chi connectivity index (χ4v) is 2.04. The number of benzene rings is 1. The van der Waals surface area contributed by atoms with Gasteiger partial charge in [-0.1, -0.05) is 0 Å². The lowest BCUT2D eigenvalue weighted by Crippen LogP contribution is -2.27. The summed E-state index contributed by atoms with van der Waals surface area (Å²) in [6, 6.07) is 6.85. The number of halogens is 2. The van der Waals surface area contributed by atoms with Crippen LogP contribution in [0.3, 0.4) is 0 Å². The van der Waals surface area contributed by atoms with Crippen molar-refractivity contribution in [2.45, 2.75) is 12.5 Å². The van der Waals surface area contributed by atoms with E-state index in [1.54, 1.807) is 12.3 Å². The van der Waals surface area contributed by atoms with E-state index in [0.29, 0.717) is 17.5 Å². The van der Waals surface area contributed by atoms with Crippen molar-refractivity contribution in [2.75, 3.05) is 6.61 Å². The molecule has 1 aromatic carbocycles. The van der Waals surface area contributed by atoms with Crippen molar-refractivity contribution in [2.24, 2.45) is 12.8 Å². The van der Waals surface area contributed by atoms with Crippen LogP contribution in [0.2, 0.25) is 0 Å². The molecule has 21 heavy (non-hydrogen) atoms. The first kappa shape index (κ1) is 17.4. The highest BCUT2D eigenvalue weighted by Crippen LogP contribution is 2.15. The zero-order chi connectivity index (χ0) is 14.7. The third kappa shape index (κ3) is 4.14. The number of aliphatic hydroxyl groups is 1. The van der Waals surface area contributed by atoms with Gasteiger partial charge in [-0.05, 0) is 30.3 Å². The molecule has 0 aliphatic heterocycles. The summed E-state index contributed by atoms with van der Waals surface area (Å²) in [5.41, 5.74) is 7.54. The number of aryl methyl sites for hydroxylation is 1. The minimum absolute atomic E-state index is 0. The monoisotopic (exact) mass is 312 g/mol. The first-order valence-corrected chi connectivity index (χ1v) is 6.33. The van der Waals surface area contributed by atoms with E-state index in [9.17, 15) is 9.18 Å². The average molecular weight is 313 g/mol. The zero-order valence-electron chi connectivity index (χ0n) is 11.6. The number of ketones is 1. The molecule has 1 unspecified atom stereocenters. The lowest BCUT2D eigenvalue weighted by atomic mass is 10.1. The molecule has 0 saturated heterocycles. The molecule has 2 rings (SSSR count). The van der Waals surface area contributed by atoms with E-state index in [-0.39, 0.29) is 36.7 Å². The Kier molecular flexibility index (Phi) is 6.08. The van der Waals surface area contributed by atoms with Crippen LogP contribution in [0.25, 0.3) is 0 Å². The predicted molar refractivity (Wildman–Crippen MR) is 81.3 cm³/mol. The SMILES string of the molecule is Cl.Cn1cc(C(=O)c2ccc(F)cc2)cc1CC(N)CO. The summed E-state index contributed by atoms with van der Waals surface area (Å²) in [5.74, 6) is -0.534. The molecule has 0 spiro atoms. The number of hydrogen-bond acceptors (Lipinski definition) is 3. The third-order valence-corrected chi connectivity index (χ3v) is 3.18. The lowest BCUT2D eigenvalue weighted by Gasteiger charge is -2.08. The van der Waals surface area contributed by atoms with Crippen LogP contribution in [0.15, 0.2) is 36.5 Å². The molecule has 0 aliphatic carbocycles. The van der Waals surface area contributed by atoms with Gasteiger partial charge < -0.3 is 15.4 Å². The quantitative estimate of drug-likeness (QED) is 0.825. The Hall–Kier alpha value is -1.69. The normalized spacial score (nSPS) is 11.8. The van der Waals surface area contributed by atoms with Crippen LogP contribution in [-0.4, -0.2) is 28.1 Å². The molecule has 0 aliphatic rings. The Labute approximate surface area is 128 Å². The van der Waals surface area contributed by atoms with Gasteiger partial charge in [-0.2, -0.15) is 0 Å². The van der Waals surface area contributed by atoms with Crippen LogP contribution in [-0.2, 0) is 13.5 Å². The highest BCUT2D eigenvalue weighted by molar-refractivity contribution is 6.09. The largest absolute Gasteiger partial charge is 0.395 e. The predicted octanol–water partition coefficient (Wildman–Crippen LogP) is 1.68. The highest BCUT2D eigenvalue weighted by Gasteiger charge is 2.14. The van der Waals surface area contributed by atoms with Gasteiger partial charge in [0.25, 0.3) is 0 Å². The molecule has 0 fully saturated rings. The molecule has 1 atom stereocenters. The number of aliphatic hydroxyl groups excluding tert-OH is 1. The molecule has 4 nitrogen and oxygen atoms in total. The van der Waals surface area contributed by atoms with E-state index in [4.69, 9.17) is 10.8 Å². The third-order valence-electron chi connectivity index (χ3n) is 3.18. The molecule has 114 valence electrons. The van der Waals surface area contributed by atoms with Gasteiger partial charge >= 0.3 is 0 Å². The van der Waals surface area contributed by atoms with Crippen molar-refractivity contribution >= 4 is 18.2 Å². The summed E-state index contributed by atoms with van der Waals surface area (Å²) in [6.45, 7) is -0.105. The molecule has 1 aromatic heterocycles. The summed E-state index contributed by atoms with van der Waals surface area (Å²) in [7, 11) is 1.82. The molecule has 0 amide bonds. The Morgan fingerprint density at radius 2 is 1.95 bits per heavy atom. The molecular formula is C15H18ClFN2O2. The van der Waals surface area contributed by atoms with Gasteiger partial charge in [0.15, 0.2) is 5.78 Å². The van der Waals surface area contributed by atoms with E-state index >= 15 is 0 Å². The molecular weight excluding hydrogens is 295 g/mol. The van der Waals surface area contributed by atoms with Crippen molar-refractivity contribution in [3.8, 4) is 0 Å². The number of nitrogens with zero attached hydrogens (tertiary/aromatic N) is 1. The Morgan fingerprint density at radius 1 is 1.33 bits per heavy atom. The van der Waals surface area contributed by atoms with Crippen LogP contribution >= 0.6 is 12.4 Å². The summed E-state index contributed by atoms with van der Waals surface area (Å²) >= 11 is 0. The van der Waals surface area contributed by atoms with Gasteiger partial charge in [-0.15, -0.1) is 12.4 Å². The second kappa shape index (κ2) is 7.36. The molecule has 6 heteroatoms. The molecule has 2 aromatic rings. The Bertz CT molecular complexity index is 611. The van der Waals surface area contributed by atoms with Crippen molar-refractivity contribution < 1.29 is 14.3 Å². The maximum absolute atomic E-state index is 12.9. The molecule has 0 radical (unpaired) electrons. The first-order chi connectivity index (χ1) is 9.51. The number of carbonyl (C=O) groups excluding carboxylic acids is 1. The molecule has 3 N–H and O–H groups in total. The van der Waals surface area contributed by atoms with Crippen LogP contribution in [0.4, 0.5) is 4.39 Å². The van der Waals surface area contributed by atoms with E-state index < -0.39 is 0 Å². The van der Waals surface area contributed by atoms with Gasteiger partial charge in [-0.3, -0.25) is 4.79 Å². The van der Waals surface area contributed by atoms with Gasteiger partial charge in [0, 0.05) is 42.5 Å². The number of rotatable bonds is 5. The van der Waals surface area contributed by atoms with E-state index in [0.717, 1.165) is 5.69 Å². The molecule has 0 bridgehead atoms. The topological polar surface area (TPSA) is 68.2 Å². The number of nitrogens with two attached hydrogens (primary N) is 1. The van der Waals surface area contributed by atoms with Crippen LogP contribution in [0, 0.1) is 5.82 Å². The first-order valence-electron chi connectivity index (χ1n) is 6.33. The van der Waals surface area contributed by atoms with Gasteiger partial charge in [0.1, 0.15) is 5.82 Å². The highest BCUT2D eigenvalue weighted by atomic mass is 35.5. The maximum atomic E-state index is 12.9. The Morgan fingerprint density at radius 3 is 2.52 bits per heavy atom. The van der Waals surface area contributed by atoms with E-state index in [1.807, 2.05) is 11.6 Å². The second-order valence-corrected chi connectivity index (χ2v) is 4.81. The summed E-state index contributed by atoms with van der Waals surface area (Å²) in [4.78, 5) is 12.3. The number of carbonyl (C=O) groups is 1. The minimum atomic E-state index is -0.371. The standard InChI is InChI=1S/C15H17FN2O2.ClH/c1-18-8-11(6-14(18)7-13(17)9-19)15(20)10-2-4-12(16)5-3-10;/h2-6,8,13,19H,7,9,17H2,1H3;1H. The average Bonchev–Trinajstić information content (AvgIpc) is 2.80. The Balaban J connectivity index is 0.00000220. The maximum Gasteiger partial charge on any atom is 0.194 e. The minimum Gasteiger partial charge on any atom is -0.395 e. The summed E-state index contributed by atoms with van der Waals surface area (Å²) in [6.07, 6.45) is 2.20. The van der Waals surface area contributed by atoms with Crippen LogP contribution in [0.5, 0.6) is 0 Å². The lowest BCUT2D eigenvalue weighted by molar-refractivity contribution is 0.103. The van der Waals surface area contributed by atoms with Crippen LogP contribution < -0.4 is 5.73 Å². The van der Waals surface area contributed by atoms with Crippen molar-refractivity contribution in [1.82, 2.24) is 4.57 Å². The molecule has 1 heterocycles. The summed E-state index contributed by atoms with van der Waals surface area (Å²) in [5, 5.41) is 8.97. The van der Waals surface area contributed by atoms with Crippen LogP contribution in [0.1, 0.15) is 21.6 Å². The smallest absolute Gasteiger partial charge is 0.194 e. The molecule has 0 saturated carbocycles. The fourth-order valence-electron chi connectivity index (χ4n) is 2.04. The van der Waals surface area contributed by atoms with Crippen molar-refractivity contribution in [3.05, 3.63) is 59.2 Å². The fraction of sp³-hybridized carbons (Fsp3) is 0.267. The van der Waals surface area contributed by atoms with Crippen molar-refractivity contribution in [1.29, 1.82) is 0 Å². The van der Waals surface area contributed by atoms with E-state index in [1.165, 1.54) is 24.3 Å². The second-order valence-electron chi connectivity index (χ2n) is 4.81. The zero-order valence-corrected chi connectivity index (χ0v) is 12.4. The van der Waals surface area contributed by atoms with Gasteiger partial charge in [0.2, 0.25) is 0 Å². The van der Waals surface area contributed by atoms with Gasteiger partial charge in [-0.25, -0.2) is 4.39 Å². The number of aromatic nitrogens is 1. The van der Waals surface area contributed by atoms with Gasteiger partial charge in [0.05, 0.1) is 6.61 Å². The summed E-state index contributed by atoms with van der Waals surface area (Å²) < 4.78 is 14.7. The van der Waals surface area contributed by atoms with E-state index in [2.05, 4.69) is 0 Å². The number of hydrogen-bond donors (Lipinski definition) is 2. The van der Waals surface area contributed by atoms with Crippen molar-refractivity contribution in [3.63, 3.8) is 0 Å².